The number of hydrogen-bond acceptors (Lipinski definition) is 6. The molecule has 6 nitrogen and oxygen atoms in total. The van der Waals surface area contributed by atoms with Crippen LogP contribution in [-0.4, -0.2) is 80.9 Å². The van der Waals surface area contributed by atoms with E-state index >= 15 is 0 Å². The van der Waals surface area contributed by atoms with Gasteiger partial charge in [-0.15, -0.1) is 0 Å². The van der Waals surface area contributed by atoms with Crippen molar-refractivity contribution in [1.29, 1.82) is 0 Å². The van der Waals surface area contributed by atoms with E-state index in [0.29, 0.717) is 10.0 Å². The predicted octanol–water partition coefficient (Wildman–Crippen LogP) is 3.26. The van der Waals surface area contributed by atoms with Crippen molar-refractivity contribution in [2.75, 3.05) is 59.2 Å². The van der Waals surface area contributed by atoms with Crippen LogP contribution in [0.25, 0.3) is 0 Å². The highest BCUT2D eigenvalue weighted by atomic mass is 35.5. The Morgan fingerprint density at radius 3 is 2.00 bits per heavy atom. The second-order valence-corrected chi connectivity index (χ2v) is 8.77. The molecule has 0 radical (unpaired) electrons. The molecule has 2 atom stereocenters. The Bertz CT molecular complexity index is 761. The van der Waals surface area contributed by atoms with Gasteiger partial charge in [0.15, 0.2) is 6.23 Å². The van der Waals surface area contributed by atoms with Gasteiger partial charge >= 0.3 is 0 Å². The van der Waals surface area contributed by atoms with E-state index in [2.05, 4.69) is 15.0 Å². The van der Waals surface area contributed by atoms with Crippen LogP contribution in [0.3, 0.4) is 0 Å². The van der Waals surface area contributed by atoms with Gasteiger partial charge in [-0.3, -0.25) is 9.80 Å². The van der Waals surface area contributed by atoms with Gasteiger partial charge in [-0.05, 0) is 37.5 Å². The van der Waals surface area contributed by atoms with E-state index in [4.69, 9.17) is 37.5 Å². The molecule has 1 aromatic carbocycles. The van der Waals surface area contributed by atoms with E-state index in [1.807, 2.05) is 20.8 Å². The number of halogens is 2. The maximum absolute atomic E-state index is 6.63. The van der Waals surface area contributed by atoms with Crippen molar-refractivity contribution in [3.8, 4) is 0 Å². The number of hydrogen-bond donors (Lipinski definition) is 0. The zero-order valence-electron chi connectivity index (χ0n) is 17.3. The lowest BCUT2D eigenvalue weighted by atomic mass is 9.87. The Hall–Kier alpha value is -0.890. The van der Waals surface area contributed by atoms with Gasteiger partial charge in [0, 0.05) is 48.3 Å². The van der Waals surface area contributed by atoms with Crippen LogP contribution in [0.2, 0.25) is 10.0 Å². The third kappa shape index (κ3) is 4.16. The second kappa shape index (κ2) is 9.08. The molecule has 0 saturated carbocycles. The van der Waals surface area contributed by atoms with Crippen LogP contribution in [0, 0.1) is 26.7 Å². The Morgan fingerprint density at radius 2 is 1.41 bits per heavy atom. The maximum atomic E-state index is 6.63. The summed E-state index contributed by atoms with van der Waals surface area (Å²) in [5.41, 5.74) is 4.93. The summed E-state index contributed by atoms with van der Waals surface area (Å²) in [4.78, 5) is 10.8. The first-order valence-corrected chi connectivity index (χ1v) is 11.1. The van der Waals surface area contributed by atoms with Gasteiger partial charge in [-0.2, -0.15) is 0 Å². The molecular weight excluding hydrogens is 413 g/mol. The molecule has 0 aliphatic carbocycles. The molecular formula is C21H29Cl2N3O3. The minimum atomic E-state index is -0.102. The van der Waals surface area contributed by atoms with Crippen molar-refractivity contribution >= 4 is 28.9 Å². The second-order valence-electron chi connectivity index (χ2n) is 8.02. The molecule has 8 heteroatoms. The monoisotopic (exact) mass is 441 g/mol. The van der Waals surface area contributed by atoms with Crippen LogP contribution in [-0.2, 0) is 14.3 Å². The predicted molar refractivity (Wildman–Crippen MR) is 115 cm³/mol. The van der Waals surface area contributed by atoms with E-state index in [1.54, 1.807) is 0 Å². The fourth-order valence-corrected chi connectivity index (χ4v) is 4.98. The quantitative estimate of drug-likeness (QED) is 0.717. The zero-order chi connectivity index (χ0) is 20.5. The molecule has 0 amide bonds. The summed E-state index contributed by atoms with van der Waals surface area (Å²) in [5, 5.41) is 6.02. The van der Waals surface area contributed by atoms with E-state index < -0.39 is 0 Å². The van der Waals surface area contributed by atoms with Crippen molar-refractivity contribution in [3.05, 3.63) is 32.3 Å². The van der Waals surface area contributed by atoms with Crippen molar-refractivity contribution < 1.29 is 14.3 Å². The average molecular weight is 442 g/mol. The standard InChI is InChI=1S/C21H29Cl2N3O3/c1-13-17(14(2)19(23)15(3)18(13)22)20-16(12-25-4-8-27-9-5-25)21(29-24-20)26-6-10-28-11-7-26/h16,21H,4-12H2,1-3H3/t16-,21-/m1/s1. The maximum Gasteiger partial charge on any atom is 0.191 e. The summed E-state index contributed by atoms with van der Waals surface area (Å²) in [6.07, 6.45) is -0.102. The molecule has 1 aromatic rings. The Kier molecular flexibility index (Phi) is 6.69. The highest BCUT2D eigenvalue weighted by molar-refractivity contribution is 6.38. The van der Waals surface area contributed by atoms with Crippen molar-refractivity contribution in [1.82, 2.24) is 9.80 Å². The summed E-state index contributed by atoms with van der Waals surface area (Å²) in [6.45, 7) is 13.4. The number of ether oxygens (including phenoxy) is 2. The van der Waals surface area contributed by atoms with Gasteiger partial charge < -0.3 is 14.3 Å². The molecule has 2 fully saturated rings. The summed E-state index contributed by atoms with van der Waals surface area (Å²) in [6, 6.07) is 0. The van der Waals surface area contributed by atoms with E-state index in [0.717, 1.165) is 87.1 Å². The van der Waals surface area contributed by atoms with Crippen molar-refractivity contribution in [2.45, 2.75) is 27.0 Å². The van der Waals surface area contributed by atoms with Gasteiger partial charge in [0.25, 0.3) is 0 Å². The molecule has 29 heavy (non-hydrogen) atoms. The third-order valence-corrected chi connectivity index (χ3v) is 7.38. The lowest BCUT2D eigenvalue weighted by Crippen LogP contribution is -2.51. The Balaban J connectivity index is 1.69. The minimum absolute atomic E-state index is 0.102. The normalized spacial score (nSPS) is 26.4. The number of oxime groups is 1. The van der Waals surface area contributed by atoms with Gasteiger partial charge in [-0.25, -0.2) is 0 Å². The number of benzene rings is 1. The van der Waals surface area contributed by atoms with Crippen LogP contribution >= 0.6 is 23.2 Å². The summed E-state index contributed by atoms with van der Waals surface area (Å²) >= 11 is 13.3. The third-order valence-electron chi connectivity index (χ3n) is 6.24. The number of nitrogens with zero attached hydrogens (tertiary/aromatic N) is 3. The number of rotatable bonds is 4. The highest BCUT2D eigenvalue weighted by Crippen LogP contribution is 2.38. The van der Waals surface area contributed by atoms with Gasteiger partial charge in [0.05, 0.1) is 38.1 Å². The first-order valence-electron chi connectivity index (χ1n) is 10.3. The first kappa shape index (κ1) is 21.3. The molecule has 0 N–H and O–H groups in total. The van der Waals surface area contributed by atoms with Gasteiger partial charge in [0.1, 0.15) is 0 Å². The molecule has 4 rings (SSSR count). The van der Waals surface area contributed by atoms with Crippen molar-refractivity contribution in [3.63, 3.8) is 0 Å². The van der Waals surface area contributed by atoms with Gasteiger partial charge in [0.2, 0.25) is 0 Å². The van der Waals surface area contributed by atoms with Crippen LogP contribution in [0.1, 0.15) is 22.3 Å². The van der Waals surface area contributed by atoms with E-state index in [1.165, 1.54) is 0 Å². The first-order chi connectivity index (χ1) is 14.0. The topological polar surface area (TPSA) is 46.5 Å². The molecule has 2 saturated heterocycles. The zero-order valence-corrected chi connectivity index (χ0v) is 18.9. The molecule has 0 spiro atoms. The fraction of sp³-hybridized carbons (Fsp3) is 0.667. The highest BCUT2D eigenvalue weighted by Gasteiger charge is 2.42. The molecule has 0 bridgehead atoms. The lowest BCUT2D eigenvalue weighted by molar-refractivity contribution is -0.102. The van der Waals surface area contributed by atoms with Crippen LogP contribution in [0.5, 0.6) is 0 Å². The summed E-state index contributed by atoms with van der Waals surface area (Å²) in [5.74, 6) is 0.110. The number of morpholine rings is 2. The average Bonchev–Trinajstić information content (AvgIpc) is 3.15. The summed E-state index contributed by atoms with van der Waals surface area (Å²) < 4.78 is 11.1. The Labute approximate surface area is 182 Å². The molecule has 0 aromatic heterocycles. The van der Waals surface area contributed by atoms with Crippen LogP contribution < -0.4 is 0 Å². The molecule has 3 aliphatic rings. The lowest BCUT2D eigenvalue weighted by Gasteiger charge is -2.36. The smallest absolute Gasteiger partial charge is 0.191 e. The van der Waals surface area contributed by atoms with Crippen molar-refractivity contribution in [2.24, 2.45) is 11.1 Å². The largest absolute Gasteiger partial charge is 0.379 e. The fourth-order valence-electron chi connectivity index (χ4n) is 4.55. The molecule has 160 valence electrons. The summed E-state index contributed by atoms with van der Waals surface area (Å²) in [7, 11) is 0. The van der Waals surface area contributed by atoms with E-state index in [9.17, 15) is 0 Å². The minimum Gasteiger partial charge on any atom is -0.379 e. The Morgan fingerprint density at radius 1 is 0.862 bits per heavy atom. The molecule has 3 heterocycles. The molecule has 0 unspecified atom stereocenters. The van der Waals surface area contributed by atoms with Crippen LogP contribution in [0.4, 0.5) is 0 Å². The van der Waals surface area contributed by atoms with E-state index in [-0.39, 0.29) is 12.1 Å². The molecule has 3 aliphatic heterocycles. The SMILES string of the molecule is Cc1c(Cl)c(C)c(C2=NO[C@@H](N3CCOCC3)[C@@H]2CN2CCOCC2)c(C)c1Cl. The van der Waals surface area contributed by atoms with Crippen LogP contribution in [0.15, 0.2) is 5.16 Å². The van der Waals surface area contributed by atoms with Gasteiger partial charge in [-0.1, -0.05) is 28.4 Å².